The zero-order valence-electron chi connectivity index (χ0n) is 12.0. The predicted molar refractivity (Wildman–Crippen MR) is 83.8 cm³/mol. The van der Waals surface area contributed by atoms with E-state index in [1.807, 2.05) is 23.1 Å². The molecular formula is C16H18BrNO3. The van der Waals surface area contributed by atoms with Crippen molar-refractivity contribution < 1.29 is 14.3 Å². The van der Waals surface area contributed by atoms with Crippen LogP contribution in [0, 0.1) is 0 Å². The minimum Gasteiger partial charge on any atom is -0.469 e. The Balaban J connectivity index is 1.82. The van der Waals surface area contributed by atoms with Crippen molar-refractivity contribution >= 4 is 27.8 Å². The summed E-state index contributed by atoms with van der Waals surface area (Å²) < 4.78 is 5.64. The van der Waals surface area contributed by atoms with Crippen LogP contribution in [-0.4, -0.2) is 37.0 Å². The molecule has 0 N–H and O–H groups in total. The number of esters is 1. The Labute approximate surface area is 132 Å². The topological polar surface area (TPSA) is 46.6 Å². The van der Waals surface area contributed by atoms with Gasteiger partial charge < -0.3 is 9.64 Å². The van der Waals surface area contributed by atoms with Crippen LogP contribution in [0.5, 0.6) is 0 Å². The van der Waals surface area contributed by atoms with Crippen LogP contribution in [0.3, 0.4) is 0 Å². The number of benzene rings is 1. The van der Waals surface area contributed by atoms with Gasteiger partial charge in [0.05, 0.1) is 7.11 Å². The number of amides is 1. The van der Waals surface area contributed by atoms with Crippen molar-refractivity contribution in [2.24, 2.45) is 0 Å². The second-order valence-electron chi connectivity index (χ2n) is 4.94. The molecule has 1 heterocycles. The zero-order chi connectivity index (χ0) is 15.2. The van der Waals surface area contributed by atoms with Gasteiger partial charge in [-0.25, -0.2) is 0 Å². The average molecular weight is 352 g/mol. The van der Waals surface area contributed by atoms with Gasteiger partial charge in [-0.15, -0.1) is 0 Å². The van der Waals surface area contributed by atoms with Gasteiger partial charge in [0, 0.05) is 29.6 Å². The van der Waals surface area contributed by atoms with E-state index in [0.717, 1.165) is 16.5 Å². The molecule has 0 spiro atoms. The summed E-state index contributed by atoms with van der Waals surface area (Å²) in [6, 6.07) is 8.09. The van der Waals surface area contributed by atoms with Crippen LogP contribution in [0.25, 0.3) is 0 Å². The Morgan fingerprint density at radius 2 is 2.19 bits per heavy atom. The fourth-order valence-electron chi connectivity index (χ4n) is 2.29. The maximum Gasteiger partial charge on any atom is 0.305 e. The number of carbonyl (C=O) groups is 2. The highest BCUT2D eigenvalue weighted by Crippen LogP contribution is 2.18. The van der Waals surface area contributed by atoms with Gasteiger partial charge in [0.15, 0.2) is 0 Å². The van der Waals surface area contributed by atoms with E-state index < -0.39 is 0 Å². The molecule has 0 aliphatic carbocycles. The lowest BCUT2D eigenvalue weighted by molar-refractivity contribution is -0.140. The molecule has 0 saturated heterocycles. The summed E-state index contributed by atoms with van der Waals surface area (Å²) in [4.78, 5) is 25.1. The summed E-state index contributed by atoms with van der Waals surface area (Å²) in [6.07, 6.45) is 3.45. The van der Waals surface area contributed by atoms with Crippen molar-refractivity contribution in [2.75, 3.05) is 20.2 Å². The Hall–Kier alpha value is -1.62. The summed E-state index contributed by atoms with van der Waals surface area (Å²) in [5.41, 5.74) is 1.91. The first-order valence-electron chi connectivity index (χ1n) is 6.89. The second kappa shape index (κ2) is 7.41. The number of rotatable bonds is 6. The Morgan fingerprint density at radius 1 is 1.38 bits per heavy atom. The van der Waals surface area contributed by atoms with Gasteiger partial charge in [-0.05, 0) is 30.5 Å². The molecule has 1 aliphatic heterocycles. The monoisotopic (exact) mass is 351 g/mol. The highest BCUT2D eigenvalue weighted by atomic mass is 79.9. The molecule has 1 amide bonds. The largest absolute Gasteiger partial charge is 0.469 e. The summed E-state index contributed by atoms with van der Waals surface area (Å²) in [6.45, 7) is 1.32. The fraction of sp³-hybridized carbons (Fsp3) is 0.375. The van der Waals surface area contributed by atoms with Crippen LogP contribution in [0.4, 0.5) is 0 Å². The number of methoxy groups -OCH3 is 1. The van der Waals surface area contributed by atoms with Crippen LogP contribution in [0.15, 0.2) is 40.4 Å². The molecule has 0 radical (unpaired) electrons. The first kappa shape index (κ1) is 15.8. The number of nitrogens with zero attached hydrogens (tertiary/aromatic N) is 1. The normalized spacial score (nSPS) is 14.3. The molecule has 1 aromatic carbocycles. The van der Waals surface area contributed by atoms with Crippen LogP contribution in [-0.2, 0) is 20.7 Å². The molecule has 2 rings (SSSR count). The molecule has 0 fully saturated rings. The number of ether oxygens (including phenoxy) is 1. The van der Waals surface area contributed by atoms with Crippen molar-refractivity contribution in [1.82, 2.24) is 4.90 Å². The van der Waals surface area contributed by atoms with Crippen molar-refractivity contribution in [2.45, 2.75) is 19.3 Å². The third-order valence-electron chi connectivity index (χ3n) is 3.51. The Morgan fingerprint density at radius 3 is 2.90 bits per heavy atom. The number of hydrogen-bond acceptors (Lipinski definition) is 3. The molecule has 21 heavy (non-hydrogen) atoms. The zero-order valence-corrected chi connectivity index (χ0v) is 13.6. The van der Waals surface area contributed by atoms with E-state index in [1.54, 1.807) is 0 Å². The highest BCUT2D eigenvalue weighted by Gasteiger charge is 2.23. The molecule has 0 aromatic heterocycles. The first-order valence-corrected chi connectivity index (χ1v) is 7.69. The van der Waals surface area contributed by atoms with Crippen LogP contribution < -0.4 is 0 Å². The van der Waals surface area contributed by atoms with Gasteiger partial charge in [-0.1, -0.05) is 34.1 Å². The summed E-state index contributed by atoms with van der Waals surface area (Å²) in [7, 11) is 1.36. The van der Waals surface area contributed by atoms with E-state index in [4.69, 9.17) is 0 Å². The standard InChI is InChI=1S/C16H18BrNO3/c1-21-15(19)6-5-13-8-10-18(16(13)20)9-7-12-3-2-4-14(17)11-12/h2-4,8,11H,5-7,9-10H2,1H3. The third-order valence-corrected chi connectivity index (χ3v) is 4.00. The lowest BCUT2D eigenvalue weighted by Crippen LogP contribution is -2.29. The molecule has 5 heteroatoms. The van der Waals surface area contributed by atoms with E-state index in [2.05, 4.69) is 32.8 Å². The second-order valence-corrected chi connectivity index (χ2v) is 5.85. The van der Waals surface area contributed by atoms with E-state index in [0.29, 0.717) is 19.5 Å². The van der Waals surface area contributed by atoms with Gasteiger partial charge in [0.2, 0.25) is 5.91 Å². The average Bonchev–Trinajstić information content (AvgIpc) is 2.83. The van der Waals surface area contributed by atoms with E-state index in [-0.39, 0.29) is 18.3 Å². The number of halogens is 1. The van der Waals surface area contributed by atoms with Gasteiger partial charge >= 0.3 is 5.97 Å². The maximum absolute atomic E-state index is 12.2. The van der Waals surface area contributed by atoms with Gasteiger partial charge in [0.25, 0.3) is 0 Å². The third kappa shape index (κ3) is 4.43. The lowest BCUT2D eigenvalue weighted by Gasteiger charge is -2.16. The summed E-state index contributed by atoms with van der Waals surface area (Å²) in [5, 5.41) is 0. The van der Waals surface area contributed by atoms with E-state index in [1.165, 1.54) is 12.7 Å². The van der Waals surface area contributed by atoms with Crippen molar-refractivity contribution in [1.29, 1.82) is 0 Å². The fourth-order valence-corrected chi connectivity index (χ4v) is 2.74. The smallest absolute Gasteiger partial charge is 0.305 e. The van der Waals surface area contributed by atoms with Crippen LogP contribution in [0.2, 0.25) is 0 Å². The van der Waals surface area contributed by atoms with Gasteiger partial charge in [-0.2, -0.15) is 0 Å². The highest BCUT2D eigenvalue weighted by molar-refractivity contribution is 9.10. The molecule has 4 nitrogen and oxygen atoms in total. The molecule has 1 aliphatic rings. The molecule has 0 unspecified atom stereocenters. The summed E-state index contributed by atoms with van der Waals surface area (Å²) >= 11 is 3.44. The van der Waals surface area contributed by atoms with Crippen LogP contribution in [0.1, 0.15) is 18.4 Å². The van der Waals surface area contributed by atoms with Gasteiger partial charge in [0.1, 0.15) is 0 Å². The minimum atomic E-state index is -0.281. The number of carbonyl (C=O) groups excluding carboxylic acids is 2. The molecule has 0 saturated carbocycles. The van der Waals surface area contributed by atoms with Gasteiger partial charge in [-0.3, -0.25) is 9.59 Å². The Kier molecular flexibility index (Phi) is 5.56. The maximum atomic E-state index is 12.2. The van der Waals surface area contributed by atoms with Crippen LogP contribution >= 0.6 is 15.9 Å². The van der Waals surface area contributed by atoms with Crippen molar-refractivity contribution in [3.05, 3.63) is 46.0 Å². The molecule has 0 atom stereocenters. The minimum absolute atomic E-state index is 0.0360. The SMILES string of the molecule is COC(=O)CCC1=CCN(CCc2cccc(Br)c2)C1=O. The molecule has 0 bridgehead atoms. The lowest BCUT2D eigenvalue weighted by atomic mass is 10.1. The van der Waals surface area contributed by atoms with E-state index in [9.17, 15) is 9.59 Å². The molecular weight excluding hydrogens is 334 g/mol. The molecule has 112 valence electrons. The first-order chi connectivity index (χ1) is 10.1. The van der Waals surface area contributed by atoms with Crippen molar-refractivity contribution in [3.63, 3.8) is 0 Å². The Bertz CT molecular complexity index is 568. The quantitative estimate of drug-likeness (QED) is 0.740. The number of hydrogen-bond donors (Lipinski definition) is 0. The van der Waals surface area contributed by atoms with Crippen molar-refractivity contribution in [3.8, 4) is 0 Å². The van der Waals surface area contributed by atoms with E-state index >= 15 is 0 Å². The summed E-state index contributed by atoms with van der Waals surface area (Å²) in [5.74, 6) is -0.245. The molecule has 1 aromatic rings. The predicted octanol–water partition coefficient (Wildman–Crippen LogP) is 2.71.